The van der Waals surface area contributed by atoms with Crippen LogP contribution in [0.3, 0.4) is 0 Å². The van der Waals surface area contributed by atoms with E-state index < -0.39 is 0 Å². The second kappa shape index (κ2) is 6.04. The van der Waals surface area contributed by atoms with Crippen LogP contribution in [-0.2, 0) is 9.59 Å². The number of hydrogen-bond donors (Lipinski definition) is 0. The SMILES string of the molecule is N#Cc1ccc(N2C(=O)CSC(c3ccccc3)C2=O)cc1. The first-order valence-corrected chi connectivity index (χ1v) is 7.79. The Morgan fingerprint density at radius 1 is 1.05 bits per heavy atom. The zero-order valence-corrected chi connectivity index (χ0v) is 12.4. The normalized spacial score (nSPS) is 18.1. The van der Waals surface area contributed by atoms with Crippen molar-refractivity contribution in [1.29, 1.82) is 5.26 Å². The highest BCUT2D eigenvalue weighted by molar-refractivity contribution is 8.01. The molecule has 0 saturated carbocycles. The molecule has 0 spiro atoms. The third kappa shape index (κ3) is 2.61. The molecule has 3 rings (SSSR count). The van der Waals surface area contributed by atoms with E-state index in [0.717, 1.165) is 5.56 Å². The van der Waals surface area contributed by atoms with E-state index in [1.54, 1.807) is 24.3 Å². The lowest BCUT2D eigenvalue weighted by Gasteiger charge is -2.30. The van der Waals surface area contributed by atoms with Crippen molar-refractivity contribution in [2.24, 2.45) is 0 Å². The predicted molar refractivity (Wildman–Crippen MR) is 85.3 cm³/mol. The van der Waals surface area contributed by atoms with Crippen LogP contribution in [0.25, 0.3) is 0 Å². The summed E-state index contributed by atoms with van der Waals surface area (Å²) >= 11 is 1.35. The van der Waals surface area contributed by atoms with Gasteiger partial charge in [0, 0.05) is 0 Å². The van der Waals surface area contributed by atoms with Crippen LogP contribution in [0.2, 0.25) is 0 Å². The number of nitrogens with zero attached hydrogens (tertiary/aromatic N) is 2. The van der Waals surface area contributed by atoms with E-state index in [0.29, 0.717) is 11.3 Å². The quantitative estimate of drug-likeness (QED) is 0.800. The van der Waals surface area contributed by atoms with E-state index in [1.165, 1.54) is 16.7 Å². The molecule has 1 heterocycles. The van der Waals surface area contributed by atoms with Crippen molar-refractivity contribution in [3.63, 3.8) is 0 Å². The van der Waals surface area contributed by atoms with Crippen LogP contribution in [-0.4, -0.2) is 17.6 Å². The second-order valence-electron chi connectivity index (χ2n) is 4.83. The molecule has 1 fully saturated rings. The summed E-state index contributed by atoms with van der Waals surface area (Å²) in [6.07, 6.45) is 0. The van der Waals surface area contributed by atoms with Crippen LogP contribution >= 0.6 is 11.8 Å². The summed E-state index contributed by atoms with van der Waals surface area (Å²) in [6, 6.07) is 17.9. The van der Waals surface area contributed by atoms with E-state index in [9.17, 15) is 9.59 Å². The van der Waals surface area contributed by atoms with Crippen molar-refractivity contribution in [2.75, 3.05) is 10.7 Å². The predicted octanol–water partition coefficient (Wildman–Crippen LogP) is 2.91. The number of carbonyl (C=O) groups is 2. The number of anilines is 1. The highest BCUT2D eigenvalue weighted by atomic mass is 32.2. The number of thioether (sulfide) groups is 1. The van der Waals surface area contributed by atoms with Crippen molar-refractivity contribution in [3.05, 3.63) is 65.7 Å². The van der Waals surface area contributed by atoms with Gasteiger partial charge in [-0.1, -0.05) is 30.3 Å². The minimum absolute atomic E-state index is 0.230. The van der Waals surface area contributed by atoms with Gasteiger partial charge in [0.15, 0.2) is 0 Å². The van der Waals surface area contributed by atoms with Gasteiger partial charge in [-0.2, -0.15) is 5.26 Å². The molecule has 1 unspecified atom stereocenters. The maximum absolute atomic E-state index is 12.7. The first-order chi connectivity index (χ1) is 10.7. The summed E-state index contributed by atoms with van der Waals surface area (Å²) in [5, 5.41) is 8.45. The Balaban J connectivity index is 1.93. The Bertz CT molecular complexity index is 750. The average Bonchev–Trinajstić information content (AvgIpc) is 2.56. The van der Waals surface area contributed by atoms with Crippen LogP contribution in [0.4, 0.5) is 5.69 Å². The van der Waals surface area contributed by atoms with Gasteiger partial charge in [0.2, 0.25) is 5.91 Å². The highest BCUT2D eigenvalue weighted by Crippen LogP contribution is 2.36. The molecule has 1 atom stereocenters. The first-order valence-electron chi connectivity index (χ1n) is 6.74. The second-order valence-corrected chi connectivity index (χ2v) is 5.92. The Kier molecular flexibility index (Phi) is 3.94. The Morgan fingerprint density at radius 2 is 1.73 bits per heavy atom. The van der Waals surface area contributed by atoms with Gasteiger partial charge in [0.25, 0.3) is 5.91 Å². The summed E-state index contributed by atoms with van der Waals surface area (Å²) in [5.74, 6) is -0.213. The maximum atomic E-state index is 12.7. The van der Waals surface area contributed by atoms with E-state index in [4.69, 9.17) is 5.26 Å². The first kappa shape index (κ1) is 14.4. The minimum atomic E-state index is -0.380. The molecule has 5 heteroatoms. The molecule has 1 aliphatic rings. The van der Waals surface area contributed by atoms with Gasteiger partial charge in [-0.3, -0.25) is 9.59 Å². The van der Waals surface area contributed by atoms with Crippen molar-refractivity contribution in [1.82, 2.24) is 0 Å². The molecule has 0 aromatic heterocycles. The molecule has 1 saturated heterocycles. The van der Waals surface area contributed by atoms with Gasteiger partial charge < -0.3 is 0 Å². The zero-order valence-electron chi connectivity index (χ0n) is 11.6. The largest absolute Gasteiger partial charge is 0.273 e. The van der Waals surface area contributed by atoms with E-state index in [-0.39, 0.29) is 22.8 Å². The number of rotatable bonds is 2. The van der Waals surface area contributed by atoms with E-state index >= 15 is 0 Å². The monoisotopic (exact) mass is 308 g/mol. The molecule has 2 aromatic rings. The summed E-state index contributed by atoms with van der Waals surface area (Å²) in [6.45, 7) is 0. The Morgan fingerprint density at radius 3 is 2.36 bits per heavy atom. The lowest BCUT2D eigenvalue weighted by molar-refractivity contribution is -0.125. The number of amides is 2. The van der Waals surface area contributed by atoms with Crippen LogP contribution < -0.4 is 4.90 Å². The third-order valence-electron chi connectivity index (χ3n) is 3.42. The number of nitriles is 1. The zero-order chi connectivity index (χ0) is 15.5. The van der Waals surface area contributed by atoms with Crippen LogP contribution in [0.15, 0.2) is 54.6 Å². The topological polar surface area (TPSA) is 61.2 Å². The van der Waals surface area contributed by atoms with E-state index in [1.807, 2.05) is 36.4 Å². The van der Waals surface area contributed by atoms with Gasteiger partial charge in [-0.15, -0.1) is 11.8 Å². The molecular weight excluding hydrogens is 296 g/mol. The molecule has 22 heavy (non-hydrogen) atoms. The van der Waals surface area contributed by atoms with Gasteiger partial charge in [-0.25, -0.2) is 4.90 Å². The van der Waals surface area contributed by atoms with Crippen molar-refractivity contribution in [2.45, 2.75) is 5.25 Å². The van der Waals surface area contributed by atoms with Gasteiger partial charge in [0.1, 0.15) is 5.25 Å². The van der Waals surface area contributed by atoms with E-state index in [2.05, 4.69) is 0 Å². The molecule has 4 nitrogen and oxygen atoms in total. The average molecular weight is 308 g/mol. The molecular formula is C17H12N2O2S. The molecule has 108 valence electrons. The Hall–Kier alpha value is -2.58. The highest BCUT2D eigenvalue weighted by Gasteiger charge is 2.36. The number of carbonyl (C=O) groups excluding carboxylic acids is 2. The summed E-state index contributed by atoms with van der Waals surface area (Å²) in [5.41, 5.74) is 1.90. The molecule has 2 amide bonds. The van der Waals surface area contributed by atoms with Crippen LogP contribution in [0.5, 0.6) is 0 Å². The maximum Gasteiger partial charge on any atom is 0.251 e. The van der Waals surface area contributed by atoms with Gasteiger partial charge in [-0.05, 0) is 29.8 Å². The fourth-order valence-electron chi connectivity index (χ4n) is 2.35. The van der Waals surface area contributed by atoms with Gasteiger partial charge in [0.05, 0.1) is 23.1 Å². The summed E-state index contributed by atoms with van der Waals surface area (Å²) in [7, 11) is 0. The molecule has 0 radical (unpaired) electrons. The van der Waals surface area contributed by atoms with Crippen LogP contribution in [0.1, 0.15) is 16.4 Å². The number of imide groups is 1. The molecule has 1 aliphatic heterocycles. The van der Waals surface area contributed by atoms with Crippen molar-refractivity contribution in [3.8, 4) is 6.07 Å². The Labute approximate surface area is 132 Å². The standard InChI is InChI=1S/C17H12N2O2S/c18-10-12-6-8-14(9-7-12)19-15(20)11-22-16(17(19)21)13-4-2-1-3-5-13/h1-9,16H,11H2. The molecule has 0 aliphatic carbocycles. The van der Waals surface area contributed by atoms with Gasteiger partial charge >= 0.3 is 0 Å². The molecule has 0 N–H and O–H groups in total. The molecule has 0 bridgehead atoms. The smallest absolute Gasteiger partial charge is 0.251 e. The van der Waals surface area contributed by atoms with Crippen molar-refractivity contribution < 1.29 is 9.59 Å². The summed E-state index contributed by atoms with van der Waals surface area (Å²) in [4.78, 5) is 26.1. The lowest BCUT2D eigenvalue weighted by atomic mass is 10.1. The fraction of sp³-hybridized carbons (Fsp3) is 0.118. The number of hydrogen-bond acceptors (Lipinski definition) is 4. The third-order valence-corrected chi connectivity index (χ3v) is 4.65. The van der Waals surface area contributed by atoms with Crippen LogP contribution in [0, 0.1) is 11.3 Å². The van der Waals surface area contributed by atoms with Crippen molar-refractivity contribution >= 4 is 29.3 Å². The number of benzene rings is 2. The minimum Gasteiger partial charge on any atom is -0.273 e. The fourth-order valence-corrected chi connectivity index (χ4v) is 3.39. The molecule has 2 aromatic carbocycles. The summed E-state index contributed by atoms with van der Waals surface area (Å²) < 4.78 is 0. The lowest BCUT2D eigenvalue weighted by Crippen LogP contribution is -2.44.